The smallest absolute Gasteiger partial charge is 0.345 e. The molecular weight excluding hydrogens is 269 g/mol. The predicted molar refractivity (Wildman–Crippen MR) is 65.7 cm³/mol. The van der Waals surface area contributed by atoms with Gasteiger partial charge in [-0.2, -0.15) is 5.26 Å². The van der Waals surface area contributed by atoms with Crippen LogP contribution in [0.2, 0.25) is 0 Å². The van der Waals surface area contributed by atoms with Crippen LogP contribution < -0.4 is 4.74 Å². The summed E-state index contributed by atoms with van der Waals surface area (Å²) >= 11 is 1.10. The van der Waals surface area contributed by atoms with Gasteiger partial charge < -0.3 is 9.84 Å². The van der Waals surface area contributed by atoms with Gasteiger partial charge >= 0.3 is 5.97 Å². The zero-order valence-electron chi connectivity index (χ0n) is 9.44. The van der Waals surface area contributed by atoms with Crippen molar-refractivity contribution in [2.75, 3.05) is 0 Å². The Bertz CT molecular complexity index is 745. The van der Waals surface area contributed by atoms with Gasteiger partial charge in [-0.25, -0.2) is 9.18 Å². The molecule has 1 aromatic heterocycles. The second-order valence-corrected chi connectivity index (χ2v) is 5.05. The normalized spacial score (nSPS) is 12.0. The molecule has 19 heavy (non-hydrogen) atoms. The standard InChI is InChI=1S/C13H6FNO3S/c14-9-3-10-8(1-6(9)4-15)12-7(5-18-10)2-11(19-12)13(16)17/h1-3H,5H2,(H,16,17). The Balaban J connectivity index is 2.23. The van der Waals surface area contributed by atoms with Crippen LogP contribution in [0.1, 0.15) is 20.8 Å². The zero-order chi connectivity index (χ0) is 13.6. The van der Waals surface area contributed by atoms with Crippen molar-refractivity contribution in [1.82, 2.24) is 0 Å². The van der Waals surface area contributed by atoms with Crippen molar-refractivity contribution in [1.29, 1.82) is 5.26 Å². The number of nitriles is 1. The molecule has 94 valence electrons. The van der Waals surface area contributed by atoms with Crippen LogP contribution in [-0.2, 0) is 6.61 Å². The van der Waals surface area contributed by atoms with Gasteiger partial charge in [-0.05, 0) is 12.1 Å². The lowest BCUT2D eigenvalue weighted by atomic mass is 10.0. The fourth-order valence-corrected chi connectivity index (χ4v) is 2.99. The molecule has 0 fully saturated rings. The number of halogens is 1. The Morgan fingerprint density at radius 3 is 2.95 bits per heavy atom. The van der Waals surface area contributed by atoms with E-state index in [9.17, 15) is 9.18 Å². The van der Waals surface area contributed by atoms with Crippen LogP contribution in [0.5, 0.6) is 5.75 Å². The van der Waals surface area contributed by atoms with E-state index in [1.807, 2.05) is 0 Å². The molecular formula is C13H6FNO3S. The van der Waals surface area contributed by atoms with E-state index in [4.69, 9.17) is 15.1 Å². The lowest BCUT2D eigenvalue weighted by molar-refractivity contribution is 0.0702. The fourth-order valence-electron chi connectivity index (χ4n) is 1.96. The Kier molecular flexibility index (Phi) is 2.50. The highest BCUT2D eigenvalue weighted by atomic mass is 32.1. The molecule has 1 aliphatic heterocycles. The van der Waals surface area contributed by atoms with Crippen LogP contribution in [0.3, 0.4) is 0 Å². The number of aromatic carboxylic acids is 1. The van der Waals surface area contributed by atoms with Crippen molar-refractivity contribution in [2.24, 2.45) is 0 Å². The zero-order valence-corrected chi connectivity index (χ0v) is 10.3. The highest BCUT2D eigenvalue weighted by Crippen LogP contribution is 2.43. The van der Waals surface area contributed by atoms with E-state index in [1.165, 1.54) is 6.07 Å². The molecule has 0 atom stereocenters. The van der Waals surface area contributed by atoms with E-state index in [0.29, 0.717) is 11.3 Å². The molecule has 6 heteroatoms. The number of benzene rings is 1. The van der Waals surface area contributed by atoms with Gasteiger partial charge in [0.1, 0.15) is 29.1 Å². The molecule has 0 unspecified atom stereocenters. The molecule has 0 radical (unpaired) electrons. The minimum atomic E-state index is -1.01. The van der Waals surface area contributed by atoms with E-state index < -0.39 is 11.8 Å². The first-order valence-electron chi connectivity index (χ1n) is 5.33. The molecule has 1 N–H and O–H groups in total. The molecule has 2 aromatic rings. The van der Waals surface area contributed by atoms with Crippen molar-refractivity contribution in [2.45, 2.75) is 6.61 Å². The average molecular weight is 275 g/mol. The van der Waals surface area contributed by atoms with Crippen LogP contribution in [0, 0.1) is 17.1 Å². The van der Waals surface area contributed by atoms with Crippen LogP contribution in [-0.4, -0.2) is 11.1 Å². The molecule has 1 aromatic carbocycles. The molecule has 0 saturated carbocycles. The first kappa shape index (κ1) is 11.7. The number of ether oxygens (including phenoxy) is 1. The maximum atomic E-state index is 13.5. The van der Waals surface area contributed by atoms with Crippen molar-refractivity contribution in [3.63, 3.8) is 0 Å². The number of rotatable bonds is 1. The van der Waals surface area contributed by atoms with Crippen LogP contribution in [0.15, 0.2) is 18.2 Å². The number of carboxylic acid groups (broad SMARTS) is 1. The first-order chi connectivity index (χ1) is 9.10. The Morgan fingerprint density at radius 1 is 1.47 bits per heavy atom. The highest BCUT2D eigenvalue weighted by molar-refractivity contribution is 7.17. The molecule has 0 aliphatic carbocycles. The molecule has 0 saturated heterocycles. The quantitative estimate of drug-likeness (QED) is 0.868. The number of hydrogen-bond donors (Lipinski definition) is 1. The van der Waals surface area contributed by atoms with Crippen LogP contribution >= 0.6 is 11.3 Å². The summed E-state index contributed by atoms with van der Waals surface area (Å²) in [6.45, 7) is 0.206. The fraction of sp³-hybridized carbons (Fsp3) is 0.0769. The summed E-state index contributed by atoms with van der Waals surface area (Å²) in [5.41, 5.74) is 1.22. The third kappa shape index (κ3) is 1.75. The molecule has 0 amide bonds. The predicted octanol–water partition coefficient (Wildman–Crippen LogP) is 3.02. The summed E-state index contributed by atoms with van der Waals surface area (Å²) in [5.74, 6) is -1.31. The molecule has 0 spiro atoms. The third-order valence-corrected chi connectivity index (χ3v) is 4.04. The number of fused-ring (bicyclic) bond motifs is 3. The maximum Gasteiger partial charge on any atom is 0.345 e. The van der Waals surface area contributed by atoms with E-state index >= 15 is 0 Å². The summed E-state index contributed by atoms with van der Waals surface area (Å²) in [5, 5.41) is 17.8. The van der Waals surface area contributed by atoms with Gasteiger partial charge in [-0.15, -0.1) is 11.3 Å². The van der Waals surface area contributed by atoms with Crippen molar-refractivity contribution >= 4 is 17.3 Å². The van der Waals surface area contributed by atoms with Gasteiger partial charge in [-0.3, -0.25) is 0 Å². The van der Waals surface area contributed by atoms with Gasteiger partial charge in [0.05, 0.1) is 5.56 Å². The van der Waals surface area contributed by atoms with Gasteiger partial charge in [0, 0.05) is 22.1 Å². The number of carboxylic acids is 1. The highest BCUT2D eigenvalue weighted by Gasteiger charge is 2.24. The minimum Gasteiger partial charge on any atom is -0.488 e. The second-order valence-electron chi connectivity index (χ2n) is 4.00. The van der Waals surface area contributed by atoms with Crippen molar-refractivity contribution in [3.8, 4) is 22.3 Å². The SMILES string of the molecule is N#Cc1cc2c(cc1F)OCc1cc(C(=O)O)sc1-2. The first-order valence-corrected chi connectivity index (χ1v) is 6.14. The lowest BCUT2D eigenvalue weighted by Gasteiger charge is -2.17. The van der Waals surface area contributed by atoms with Crippen molar-refractivity contribution < 1.29 is 19.0 Å². The van der Waals surface area contributed by atoms with E-state index in [0.717, 1.165) is 27.8 Å². The van der Waals surface area contributed by atoms with Crippen LogP contribution in [0.4, 0.5) is 4.39 Å². The maximum absolute atomic E-state index is 13.5. The minimum absolute atomic E-state index is 0.0829. The van der Waals surface area contributed by atoms with Gasteiger partial charge in [0.25, 0.3) is 0 Å². The Hall–Kier alpha value is -2.39. The summed E-state index contributed by atoms with van der Waals surface area (Å²) < 4.78 is 18.9. The van der Waals surface area contributed by atoms with E-state index in [-0.39, 0.29) is 17.0 Å². The summed E-state index contributed by atoms with van der Waals surface area (Å²) in [6.07, 6.45) is 0. The lowest BCUT2D eigenvalue weighted by Crippen LogP contribution is -2.04. The molecule has 0 bridgehead atoms. The number of nitrogens with zero attached hydrogens (tertiary/aromatic N) is 1. The number of carbonyl (C=O) groups is 1. The summed E-state index contributed by atoms with van der Waals surface area (Å²) in [7, 11) is 0. The molecule has 4 nitrogen and oxygen atoms in total. The Morgan fingerprint density at radius 2 is 2.26 bits per heavy atom. The largest absolute Gasteiger partial charge is 0.488 e. The van der Waals surface area contributed by atoms with Crippen LogP contribution in [0.25, 0.3) is 10.4 Å². The van der Waals surface area contributed by atoms with Gasteiger partial charge in [0.15, 0.2) is 0 Å². The summed E-state index contributed by atoms with van der Waals surface area (Å²) in [4.78, 5) is 11.9. The van der Waals surface area contributed by atoms with Gasteiger partial charge in [0.2, 0.25) is 0 Å². The topological polar surface area (TPSA) is 70.3 Å². The number of hydrogen-bond acceptors (Lipinski definition) is 4. The summed E-state index contributed by atoms with van der Waals surface area (Å²) in [6, 6.07) is 5.86. The monoisotopic (exact) mass is 275 g/mol. The van der Waals surface area contributed by atoms with Gasteiger partial charge in [-0.1, -0.05) is 0 Å². The van der Waals surface area contributed by atoms with Crippen molar-refractivity contribution in [3.05, 3.63) is 40.0 Å². The molecule has 3 rings (SSSR count). The number of thiophene rings is 1. The Labute approximate surface area is 111 Å². The second kappa shape index (κ2) is 4.07. The van der Waals surface area contributed by atoms with E-state index in [1.54, 1.807) is 12.1 Å². The van der Waals surface area contributed by atoms with E-state index in [2.05, 4.69) is 0 Å². The third-order valence-electron chi connectivity index (χ3n) is 2.84. The molecule has 1 aliphatic rings. The molecule has 2 heterocycles. The average Bonchev–Trinajstić information content (AvgIpc) is 2.82.